The minimum absolute atomic E-state index is 0.106. The van der Waals surface area contributed by atoms with Gasteiger partial charge in [0.05, 0.1) is 10.6 Å². The zero-order chi connectivity index (χ0) is 18.1. The van der Waals surface area contributed by atoms with Crippen molar-refractivity contribution < 1.29 is 4.79 Å². The lowest BCUT2D eigenvalue weighted by atomic mass is 10.0. The Labute approximate surface area is 156 Å². The normalized spacial score (nSPS) is 17.2. The topological polar surface area (TPSA) is 41.5 Å². The highest BCUT2D eigenvalue weighted by atomic mass is 32.2. The molecule has 4 rings (SSSR count). The molecule has 0 spiro atoms. The van der Waals surface area contributed by atoms with Gasteiger partial charge in [0, 0.05) is 0 Å². The lowest BCUT2D eigenvalue weighted by Crippen LogP contribution is -2.19. The van der Waals surface area contributed by atoms with Crippen molar-refractivity contribution in [3.63, 3.8) is 0 Å². The number of nitrogens with one attached hydrogen (secondary N) is 1. The van der Waals surface area contributed by atoms with Gasteiger partial charge in [0.1, 0.15) is 0 Å². The maximum absolute atomic E-state index is 12.4. The van der Waals surface area contributed by atoms with Crippen LogP contribution in [0.2, 0.25) is 0 Å². The van der Waals surface area contributed by atoms with Gasteiger partial charge in [-0.25, -0.2) is 4.99 Å². The summed E-state index contributed by atoms with van der Waals surface area (Å²) in [6.07, 6.45) is 1.94. The van der Waals surface area contributed by atoms with E-state index in [9.17, 15) is 4.79 Å². The Hall–Kier alpha value is -2.85. The predicted molar refractivity (Wildman–Crippen MR) is 111 cm³/mol. The van der Waals surface area contributed by atoms with E-state index in [1.807, 2.05) is 48.5 Å². The number of amidine groups is 1. The van der Waals surface area contributed by atoms with E-state index in [1.165, 1.54) is 22.9 Å². The first-order chi connectivity index (χ1) is 12.6. The molecule has 3 aromatic rings. The van der Waals surface area contributed by atoms with Gasteiger partial charge in [-0.2, -0.15) is 0 Å². The minimum atomic E-state index is -0.106. The summed E-state index contributed by atoms with van der Waals surface area (Å²) in [5.74, 6) is -0.106. The van der Waals surface area contributed by atoms with E-state index in [0.29, 0.717) is 10.1 Å². The number of aryl methyl sites for hydroxylation is 2. The summed E-state index contributed by atoms with van der Waals surface area (Å²) < 4.78 is 0. The van der Waals surface area contributed by atoms with Gasteiger partial charge >= 0.3 is 0 Å². The molecule has 0 radical (unpaired) electrons. The van der Waals surface area contributed by atoms with Crippen molar-refractivity contribution in [1.29, 1.82) is 0 Å². The zero-order valence-electron chi connectivity index (χ0n) is 14.6. The summed E-state index contributed by atoms with van der Waals surface area (Å²) in [4.78, 5) is 17.6. The van der Waals surface area contributed by atoms with Gasteiger partial charge in [0.15, 0.2) is 5.17 Å². The summed E-state index contributed by atoms with van der Waals surface area (Å²) in [6, 6.07) is 20.3. The van der Waals surface area contributed by atoms with Crippen LogP contribution in [0, 0.1) is 13.8 Å². The third-order valence-corrected chi connectivity index (χ3v) is 5.39. The Morgan fingerprint density at radius 3 is 2.62 bits per heavy atom. The van der Waals surface area contributed by atoms with E-state index in [-0.39, 0.29) is 5.91 Å². The molecule has 1 N–H and O–H groups in total. The molecule has 1 fully saturated rings. The van der Waals surface area contributed by atoms with Gasteiger partial charge in [-0.15, -0.1) is 0 Å². The monoisotopic (exact) mass is 358 g/mol. The summed E-state index contributed by atoms with van der Waals surface area (Å²) in [5, 5.41) is 5.77. The lowest BCUT2D eigenvalue weighted by Gasteiger charge is -2.02. The highest BCUT2D eigenvalue weighted by Gasteiger charge is 2.24. The molecule has 128 valence electrons. The van der Waals surface area contributed by atoms with Crippen LogP contribution in [0.3, 0.4) is 0 Å². The van der Waals surface area contributed by atoms with E-state index >= 15 is 0 Å². The Morgan fingerprint density at radius 1 is 0.962 bits per heavy atom. The summed E-state index contributed by atoms with van der Waals surface area (Å²) in [7, 11) is 0. The third kappa shape index (κ3) is 3.28. The number of fused-ring (bicyclic) bond motifs is 1. The van der Waals surface area contributed by atoms with Crippen LogP contribution in [0.15, 0.2) is 70.6 Å². The second-order valence-corrected chi connectivity index (χ2v) is 7.35. The number of thioether (sulfide) groups is 1. The number of carbonyl (C=O) groups is 1. The third-order valence-electron chi connectivity index (χ3n) is 4.48. The van der Waals surface area contributed by atoms with Crippen LogP contribution in [0.4, 0.5) is 5.69 Å². The number of carbonyl (C=O) groups excluding carboxylic acids is 1. The molecule has 1 heterocycles. The Morgan fingerprint density at radius 2 is 1.77 bits per heavy atom. The fourth-order valence-corrected chi connectivity index (χ4v) is 3.74. The van der Waals surface area contributed by atoms with Crippen LogP contribution in [0.1, 0.15) is 16.7 Å². The summed E-state index contributed by atoms with van der Waals surface area (Å²) in [6.45, 7) is 4.13. The van der Waals surface area contributed by atoms with Crippen molar-refractivity contribution in [2.75, 3.05) is 0 Å². The van der Waals surface area contributed by atoms with E-state index in [2.05, 4.69) is 42.4 Å². The van der Waals surface area contributed by atoms with Crippen molar-refractivity contribution in [3.05, 3.63) is 82.3 Å². The molecular weight excluding hydrogens is 340 g/mol. The molecule has 1 amide bonds. The van der Waals surface area contributed by atoms with E-state index in [1.54, 1.807) is 0 Å². The first kappa shape index (κ1) is 16.6. The van der Waals surface area contributed by atoms with Gasteiger partial charge in [-0.05, 0) is 71.3 Å². The van der Waals surface area contributed by atoms with E-state index in [4.69, 9.17) is 0 Å². The van der Waals surface area contributed by atoms with Gasteiger partial charge in [-0.1, -0.05) is 48.5 Å². The molecule has 1 aliphatic heterocycles. The molecule has 0 saturated carbocycles. The predicted octanol–water partition coefficient (Wildman–Crippen LogP) is 5.35. The number of hydrogen-bond donors (Lipinski definition) is 1. The van der Waals surface area contributed by atoms with Crippen molar-refractivity contribution in [1.82, 2.24) is 5.32 Å². The maximum Gasteiger partial charge on any atom is 0.264 e. The number of rotatable bonds is 2. The maximum atomic E-state index is 12.4. The minimum Gasteiger partial charge on any atom is -0.300 e. The average Bonchev–Trinajstić information content (AvgIpc) is 2.98. The molecule has 0 bridgehead atoms. The molecule has 3 nitrogen and oxygen atoms in total. The van der Waals surface area contributed by atoms with Crippen LogP contribution in [-0.2, 0) is 4.79 Å². The van der Waals surface area contributed by atoms with Gasteiger partial charge in [-0.3, -0.25) is 4.79 Å². The highest BCUT2D eigenvalue weighted by molar-refractivity contribution is 8.18. The molecule has 3 aromatic carbocycles. The molecule has 26 heavy (non-hydrogen) atoms. The van der Waals surface area contributed by atoms with Crippen LogP contribution in [-0.4, -0.2) is 11.1 Å². The second kappa shape index (κ2) is 6.81. The summed E-state index contributed by atoms with van der Waals surface area (Å²) >= 11 is 1.38. The molecule has 0 unspecified atom stereocenters. The number of benzene rings is 3. The van der Waals surface area contributed by atoms with E-state index in [0.717, 1.165) is 22.0 Å². The van der Waals surface area contributed by atoms with Crippen LogP contribution in [0.5, 0.6) is 0 Å². The number of nitrogens with zero attached hydrogens (tertiary/aromatic N) is 1. The zero-order valence-corrected chi connectivity index (χ0v) is 15.4. The lowest BCUT2D eigenvalue weighted by molar-refractivity contribution is -0.115. The second-order valence-electron chi connectivity index (χ2n) is 6.32. The Balaban J connectivity index is 1.66. The average molecular weight is 358 g/mol. The Kier molecular flexibility index (Phi) is 4.35. The van der Waals surface area contributed by atoms with Gasteiger partial charge < -0.3 is 5.32 Å². The van der Waals surface area contributed by atoms with E-state index < -0.39 is 0 Å². The number of amides is 1. The first-order valence-corrected chi connectivity index (χ1v) is 9.26. The van der Waals surface area contributed by atoms with Crippen molar-refractivity contribution in [3.8, 4) is 0 Å². The number of aliphatic imine (C=N–C) groups is 1. The first-order valence-electron chi connectivity index (χ1n) is 8.45. The molecule has 4 heteroatoms. The van der Waals surface area contributed by atoms with Crippen LogP contribution < -0.4 is 5.32 Å². The smallest absolute Gasteiger partial charge is 0.264 e. The van der Waals surface area contributed by atoms with Crippen molar-refractivity contribution >= 4 is 45.4 Å². The molecule has 0 aromatic heterocycles. The highest BCUT2D eigenvalue weighted by Crippen LogP contribution is 2.30. The fourth-order valence-electron chi connectivity index (χ4n) is 2.91. The molecule has 0 aliphatic carbocycles. The SMILES string of the molecule is Cc1ccc(N=C2NC(=O)C(=Cc3cccc4ccccc34)S2)cc1C. The number of hydrogen-bond acceptors (Lipinski definition) is 3. The fraction of sp³-hybridized carbons (Fsp3) is 0.0909. The Bertz CT molecular complexity index is 1080. The standard InChI is InChI=1S/C22H18N2OS/c1-14-10-11-18(12-15(14)2)23-22-24-21(25)20(26-22)13-17-8-5-7-16-6-3-4-9-19(16)17/h3-13H,1-2H3,(H,23,24,25). The van der Waals surface area contributed by atoms with Crippen molar-refractivity contribution in [2.24, 2.45) is 4.99 Å². The largest absolute Gasteiger partial charge is 0.300 e. The quantitative estimate of drug-likeness (QED) is 0.628. The van der Waals surface area contributed by atoms with Crippen molar-refractivity contribution in [2.45, 2.75) is 13.8 Å². The molecule has 1 saturated heterocycles. The molecular formula is C22H18N2OS. The van der Waals surface area contributed by atoms with Crippen LogP contribution in [0.25, 0.3) is 16.8 Å². The van der Waals surface area contributed by atoms with Gasteiger partial charge in [0.2, 0.25) is 0 Å². The van der Waals surface area contributed by atoms with Gasteiger partial charge in [0.25, 0.3) is 5.91 Å². The molecule has 1 aliphatic rings. The summed E-state index contributed by atoms with van der Waals surface area (Å²) in [5.41, 5.74) is 4.30. The molecule has 0 atom stereocenters. The van der Waals surface area contributed by atoms with Crippen LogP contribution >= 0.6 is 11.8 Å².